The third-order valence-electron chi connectivity index (χ3n) is 1.35. The topological polar surface area (TPSA) is 58.2 Å². The van der Waals surface area contributed by atoms with Crippen molar-refractivity contribution >= 4 is 10.0 Å². The standard InChI is InChI=1S/C4H8F2N2O2S/c5-4(6)11(9,10)8-3-1-7-2-3/h3-4,7-8H,1-2H2. The minimum Gasteiger partial charge on any atom is -0.313 e. The molecular weight excluding hydrogens is 178 g/mol. The molecule has 0 aromatic carbocycles. The second-order valence-corrected chi connectivity index (χ2v) is 3.96. The molecule has 0 bridgehead atoms. The van der Waals surface area contributed by atoms with Gasteiger partial charge >= 0.3 is 5.76 Å². The van der Waals surface area contributed by atoms with Crippen LogP contribution in [0.1, 0.15) is 0 Å². The van der Waals surface area contributed by atoms with Crippen LogP contribution in [-0.2, 0) is 10.0 Å². The second kappa shape index (κ2) is 3.00. The summed E-state index contributed by atoms with van der Waals surface area (Å²) in [5, 5.41) is 2.75. The average molecular weight is 186 g/mol. The van der Waals surface area contributed by atoms with Crippen molar-refractivity contribution in [1.82, 2.24) is 10.0 Å². The third kappa shape index (κ3) is 2.08. The Morgan fingerprint density at radius 1 is 1.45 bits per heavy atom. The largest absolute Gasteiger partial charge is 0.350 e. The van der Waals surface area contributed by atoms with Gasteiger partial charge in [-0.1, -0.05) is 0 Å². The van der Waals surface area contributed by atoms with Gasteiger partial charge < -0.3 is 5.32 Å². The quantitative estimate of drug-likeness (QED) is 0.600. The first-order chi connectivity index (χ1) is 5.02. The van der Waals surface area contributed by atoms with E-state index >= 15 is 0 Å². The maximum Gasteiger partial charge on any atom is 0.350 e. The van der Waals surface area contributed by atoms with Crippen LogP contribution in [0.25, 0.3) is 0 Å². The summed E-state index contributed by atoms with van der Waals surface area (Å²) in [5.41, 5.74) is 0. The molecule has 1 aliphatic rings. The molecule has 1 rings (SSSR count). The Hall–Kier alpha value is -0.270. The molecule has 0 unspecified atom stereocenters. The predicted octanol–water partition coefficient (Wildman–Crippen LogP) is -0.900. The number of nitrogens with one attached hydrogen (secondary N) is 2. The molecule has 1 fully saturated rings. The summed E-state index contributed by atoms with van der Waals surface area (Å²) in [6, 6.07) is -0.367. The van der Waals surface area contributed by atoms with E-state index in [1.54, 1.807) is 0 Å². The van der Waals surface area contributed by atoms with Gasteiger partial charge in [0.05, 0.1) is 0 Å². The lowest BCUT2D eigenvalue weighted by Gasteiger charge is -2.27. The molecule has 0 amide bonds. The molecule has 1 saturated heterocycles. The summed E-state index contributed by atoms with van der Waals surface area (Å²) in [6.45, 7) is 0.845. The van der Waals surface area contributed by atoms with E-state index in [9.17, 15) is 17.2 Å². The molecule has 1 heterocycles. The van der Waals surface area contributed by atoms with Gasteiger partial charge in [0.1, 0.15) is 0 Å². The van der Waals surface area contributed by atoms with E-state index in [1.165, 1.54) is 0 Å². The Balaban J connectivity index is 2.46. The summed E-state index contributed by atoms with van der Waals surface area (Å²) >= 11 is 0. The van der Waals surface area contributed by atoms with Crippen LogP contribution >= 0.6 is 0 Å². The zero-order valence-electron chi connectivity index (χ0n) is 5.55. The first-order valence-electron chi connectivity index (χ1n) is 3.02. The highest BCUT2D eigenvalue weighted by atomic mass is 32.2. The van der Waals surface area contributed by atoms with Crippen LogP contribution < -0.4 is 10.0 Å². The van der Waals surface area contributed by atoms with Crippen LogP contribution in [0.3, 0.4) is 0 Å². The molecule has 4 nitrogen and oxygen atoms in total. The van der Waals surface area contributed by atoms with E-state index < -0.39 is 15.8 Å². The molecule has 7 heteroatoms. The van der Waals surface area contributed by atoms with Crippen LogP contribution in [0.5, 0.6) is 0 Å². The fourth-order valence-corrected chi connectivity index (χ4v) is 1.39. The van der Waals surface area contributed by atoms with Gasteiger partial charge in [-0.3, -0.25) is 0 Å². The monoisotopic (exact) mass is 186 g/mol. The van der Waals surface area contributed by atoms with Gasteiger partial charge in [-0.25, -0.2) is 13.1 Å². The van der Waals surface area contributed by atoms with Gasteiger partial charge in [-0.2, -0.15) is 8.78 Å². The average Bonchev–Trinajstić information content (AvgIpc) is 1.79. The van der Waals surface area contributed by atoms with Gasteiger partial charge in [0.25, 0.3) is 10.0 Å². The normalized spacial score (nSPS) is 20.3. The number of hydrogen-bond acceptors (Lipinski definition) is 3. The lowest BCUT2D eigenvalue weighted by molar-refractivity contribution is 0.229. The van der Waals surface area contributed by atoms with Crippen molar-refractivity contribution in [3.8, 4) is 0 Å². The molecule has 2 N–H and O–H groups in total. The molecule has 0 aliphatic carbocycles. The fraction of sp³-hybridized carbons (Fsp3) is 1.00. The molecule has 0 saturated carbocycles. The first kappa shape index (κ1) is 8.82. The van der Waals surface area contributed by atoms with E-state index in [-0.39, 0.29) is 6.04 Å². The molecule has 0 spiro atoms. The van der Waals surface area contributed by atoms with Gasteiger partial charge in [0.15, 0.2) is 0 Å². The smallest absolute Gasteiger partial charge is 0.313 e. The molecule has 11 heavy (non-hydrogen) atoms. The zero-order valence-corrected chi connectivity index (χ0v) is 6.37. The SMILES string of the molecule is O=S(=O)(NC1CNC1)C(F)F. The van der Waals surface area contributed by atoms with Crippen molar-refractivity contribution in [2.45, 2.75) is 11.8 Å². The van der Waals surface area contributed by atoms with Gasteiger partial charge in [-0.15, -0.1) is 0 Å². The minimum atomic E-state index is -4.38. The number of rotatable bonds is 3. The number of alkyl halides is 2. The highest BCUT2D eigenvalue weighted by Crippen LogP contribution is 2.04. The third-order valence-corrected chi connectivity index (χ3v) is 2.48. The van der Waals surface area contributed by atoms with Crippen LogP contribution in [0.2, 0.25) is 0 Å². The number of halogens is 2. The lowest BCUT2D eigenvalue weighted by Crippen LogP contribution is -2.57. The second-order valence-electron chi connectivity index (χ2n) is 2.28. The Morgan fingerprint density at radius 2 is 2.00 bits per heavy atom. The van der Waals surface area contributed by atoms with Crippen molar-refractivity contribution in [3.05, 3.63) is 0 Å². The Morgan fingerprint density at radius 3 is 2.27 bits per heavy atom. The summed E-state index contributed by atoms with van der Waals surface area (Å²) in [4.78, 5) is 0. The van der Waals surface area contributed by atoms with Crippen molar-refractivity contribution in [1.29, 1.82) is 0 Å². The maximum absolute atomic E-state index is 11.7. The first-order valence-corrected chi connectivity index (χ1v) is 4.57. The highest BCUT2D eigenvalue weighted by Gasteiger charge is 2.29. The van der Waals surface area contributed by atoms with E-state index in [0.29, 0.717) is 13.1 Å². The molecule has 0 aromatic heterocycles. The van der Waals surface area contributed by atoms with E-state index in [4.69, 9.17) is 0 Å². The minimum absolute atomic E-state index is 0.367. The van der Waals surface area contributed by atoms with Crippen LogP contribution in [0, 0.1) is 0 Å². The van der Waals surface area contributed by atoms with Crippen LogP contribution in [0.4, 0.5) is 8.78 Å². The van der Waals surface area contributed by atoms with Crippen molar-refractivity contribution in [2.24, 2.45) is 0 Å². The molecule has 0 atom stereocenters. The predicted molar refractivity (Wildman–Crippen MR) is 34.7 cm³/mol. The van der Waals surface area contributed by atoms with Gasteiger partial charge in [0.2, 0.25) is 0 Å². The van der Waals surface area contributed by atoms with Crippen molar-refractivity contribution in [2.75, 3.05) is 13.1 Å². The maximum atomic E-state index is 11.7. The molecule has 0 radical (unpaired) electrons. The summed E-state index contributed by atoms with van der Waals surface area (Å²) in [6.07, 6.45) is 0. The molecular formula is C4H8F2N2O2S. The number of sulfonamides is 1. The van der Waals surface area contributed by atoms with Gasteiger partial charge in [-0.05, 0) is 0 Å². The molecule has 1 aliphatic heterocycles. The zero-order chi connectivity index (χ0) is 8.48. The van der Waals surface area contributed by atoms with Gasteiger partial charge in [0, 0.05) is 19.1 Å². The fourth-order valence-electron chi connectivity index (χ4n) is 0.656. The molecule has 66 valence electrons. The van der Waals surface area contributed by atoms with Crippen molar-refractivity contribution in [3.63, 3.8) is 0 Å². The summed E-state index contributed by atoms with van der Waals surface area (Å²) < 4.78 is 46.1. The lowest BCUT2D eigenvalue weighted by atomic mass is 10.2. The molecule has 0 aromatic rings. The summed E-state index contributed by atoms with van der Waals surface area (Å²) in [7, 11) is -4.38. The Kier molecular flexibility index (Phi) is 2.40. The Labute approximate surface area is 63.0 Å². The van der Waals surface area contributed by atoms with E-state index in [2.05, 4.69) is 5.32 Å². The van der Waals surface area contributed by atoms with Crippen molar-refractivity contribution < 1.29 is 17.2 Å². The Bertz CT molecular complexity index is 224. The van der Waals surface area contributed by atoms with Crippen LogP contribution in [0.15, 0.2) is 0 Å². The highest BCUT2D eigenvalue weighted by molar-refractivity contribution is 7.89. The number of hydrogen-bond donors (Lipinski definition) is 2. The van der Waals surface area contributed by atoms with Crippen LogP contribution in [-0.4, -0.2) is 33.3 Å². The summed E-state index contributed by atoms with van der Waals surface area (Å²) in [5.74, 6) is -3.33. The van der Waals surface area contributed by atoms with E-state index in [1.807, 2.05) is 4.72 Å². The van der Waals surface area contributed by atoms with E-state index in [0.717, 1.165) is 0 Å².